The lowest BCUT2D eigenvalue weighted by Crippen LogP contribution is -2.31. The van der Waals surface area contributed by atoms with Crippen LogP contribution in [0, 0.1) is 0 Å². The first kappa shape index (κ1) is 15.7. The predicted octanol–water partition coefficient (Wildman–Crippen LogP) is 0.941. The van der Waals surface area contributed by atoms with Gasteiger partial charge < -0.3 is 9.47 Å². The SMILES string of the molecule is COC(=O)CNS(=O)(=O)Cc1ccc(OC)c(Cl)c1. The van der Waals surface area contributed by atoms with E-state index < -0.39 is 22.5 Å². The molecule has 0 radical (unpaired) electrons. The van der Waals surface area contributed by atoms with Crippen LogP contribution in [0.25, 0.3) is 0 Å². The Morgan fingerprint density at radius 1 is 1.37 bits per heavy atom. The Balaban J connectivity index is 2.73. The van der Waals surface area contributed by atoms with E-state index in [1.54, 1.807) is 12.1 Å². The van der Waals surface area contributed by atoms with Gasteiger partial charge in [-0.15, -0.1) is 0 Å². The van der Waals surface area contributed by atoms with Crippen molar-refractivity contribution in [1.82, 2.24) is 4.72 Å². The number of esters is 1. The third-order valence-corrected chi connectivity index (χ3v) is 3.83. The van der Waals surface area contributed by atoms with Gasteiger partial charge in [0.2, 0.25) is 10.0 Å². The molecule has 0 spiro atoms. The predicted molar refractivity (Wildman–Crippen MR) is 70.6 cm³/mol. The van der Waals surface area contributed by atoms with E-state index in [1.165, 1.54) is 20.3 Å². The summed E-state index contributed by atoms with van der Waals surface area (Å²) in [4.78, 5) is 10.9. The number of hydrogen-bond donors (Lipinski definition) is 1. The van der Waals surface area contributed by atoms with Gasteiger partial charge >= 0.3 is 5.97 Å². The Morgan fingerprint density at radius 3 is 2.58 bits per heavy atom. The molecule has 0 heterocycles. The van der Waals surface area contributed by atoms with Gasteiger partial charge in [-0.2, -0.15) is 0 Å². The van der Waals surface area contributed by atoms with Gasteiger partial charge in [-0.25, -0.2) is 13.1 Å². The molecule has 1 aromatic rings. The van der Waals surface area contributed by atoms with Gasteiger partial charge in [0, 0.05) is 0 Å². The molecular formula is C11H14ClNO5S. The molecule has 0 bridgehead atoms. The van der Waals surface area contributed by atoms with E-state index in [1.807, 2.05) is 0 Å². The van der Waals surface area contributed by atoms with Crippen LogP contribution in [0.1, 0.15) is 5.56 Å². The smallest absolute Gasteiger partial charge is 0.320 e. The molecule has 0 unspecified atom stereocenters. The molecule has 6 nitrogen and oxygen atoms in total. The zero-order valence-corrected chi connectivity index (χ0v) is 12.0. The highest BCUT2D eigenvalue weighted by molar-refractivity contribution is 7.88. The summed E-state index contributed by atoms with van der Waals surface area (Å²) in [6.07, 6.45) is 0. The van der Waals surface area contributed by atoms with Gasteiger partial charge in [-0.1, -0.05) is 17.7 Å². The van der Waals surface area contributed by atoms with E-state index in [0.717, 1.165) is 0 Å². The van der Waals surface area contributed by atoms with Gasteiger partial charge in [0.05, 0.1) is 25.0 Å². The molecule has 1 aromatic carbocycles. The Hall–Kier alpha value is -1.31. The zero-order chi connectivity index (χ0) is 14.5. The molecule has 1 rings (SSSR count). The monoisotopic (exact) mass is 307 g/mol. The highest BCUT2D eigenvalue weighted by atomic mass is 35.5. The summed E-state index contributed by atoms with van der Waals surface area (Å²) < 4.78 is 34.8. The van der Waals surface area contributed by atoms with Crippen LogP contribution in [0.4, 0.5) is 0 Å². The second-order valence-corrected chi connectivity index (χ2v) is 5.84. The highest BCUT2D eigenvalue weighted by Crippen LogP contribution is 2.25. The van der Waals surface area contributed by atoms with Gasteiger partial charge in [0.25, 0.3) is 0 Å². The Kier molecular flexibility index (Phi) is 5.59. The van der Waals surface area contributed by atoms with Crippen molar-refractivity contribution in [3.63, 3.8) is 0 Å². The summed E-state index contributed by atoms with van der Waals surface area (Å²) in [6, 6.07) is 4.66. The normalized spacial score (nSPS) is 11.1. The fraction of sp³-hybridized carbons (Fsp3) is 0.364. The van der Waals surface area contributed by atoms with Crippen LogP contribution in [0.3, 0.4) is 0 Å². The summed E-state index contributed by atoms with van der Waals surface area (Å²) >= 11 is 5.89. The summed E-state index contributed by atoms with van der Waals surface area (Å²) in [5.41, 5.74) is 0.489. The van der Waals surface area contributed by atoms with Gasteiger partial charge in [-0.05, 0) is 17.7 Å². The van der Waals surface area contributed by atoms with Crippen molar-refractivity contribution in [2.75, 3.05) is 20.8 Å². The van der Waals surface area contributed by atoms with Crippen LogP contribution in [0.5, 0.6) is 5.75 Å². The minimum atomic E-state index is -3.63. The van der Waals surface area contributed by atoms with E-state index >= 15 is 0 Å². The van der Waals surface area contributed by atoms with Crippen molar-refractivity contribution in [3.8, 4) is 5.75 Å². The van der Waals surface area contributed by atoms with Gasteiger partial charge in [-0.3, -0.25) is 4.79 Å². The number of carbonyl (C=O) groups is 1. The number of nitrogens with one attached hydrogen (secondary N) is 1. The molecule has 1 N–H and O–H groups in total. The van der Waals surface area contributed by atoms with Crippen molar-refractivity contribution in [1.29, 1.82) is 0 Å². The largest absolute Gasteiger partial charge is 0.495 e. The summed E-state index contributed by atoms with van der Waals surface area (Å²) in [7, 11) is -0.978. The molecule has 0 saturated heterocycles. The molecule has 0 saturated carbocycles. The van der Waals surface area contributed by atoms with Crippen LogP contribution in [0.2, 0.25) is 5.02 Å². The first-order chi connectivity index (χ1) is 8.88. The number of rotatable bonds is 6. The number of ether oxygens (including phenoxy) is 2. The second kappa shape index (κ2) is 6.74. The van der Waals surface area contributed by atoms with Crippen LogP contribution < -0.4 is 9.46 Å². The number of methoxy groups -OCH3 is 2. The summed E-state index contributed by atoms with van der Waals surface area (Å²) in [6.45, 7) is -0.400. The maximum Gasteiger partial charge on any atom is 0.320 e. The van der Waals surface area contributed by atoms with Crippen LogP contribution in [-0.4, -0.2) is 35.2 Å². The lowest BCUT2D eigenvalue weighted by atomic mass is 10.2. The maximum absolute atomic E-state index is 11.7. The lowest BCUT2D eigenvalue weighted by molar-refractivity contribution is -0.139. The van der Waals surface area contributed by atoms with E-state index in [9.17, 15) is 13.2 Å². The second-order valence-electron chi connectivity index (χ2n) is 3.63. The fourth-order valence-electron chi connectivity index (χ4n) is 1.31. The Morgan fingerprint density at radius 2 is 2.05 bits per heavy atom. The van der Waals surface area contributed by atoms with Crippen LogP contribution >= 0.6 is 11.6 Å². The maximum atomic E-state index is 11.7. The molecule has 0 aliphatic carbocycles. The Labute approximate surface area is 116 Å². The van der Waals surface area contributed by atoms with Crippen molar-refractivity contribution in [3.05, 3.63) is 28.8 Å². The molecule has 0 aliphatic heterocycles. The first-order valence-corrected chi connectivity index (χ1v) is 7.27. The minimum Gasteiger partial charge on any atom is -0.495 e. The summed E-state index contributed by atoms with van der Waals surface area (Å²) in [5, 5.41) is 0.322. The van der Waals surface area contributed by atoms with Crippen molar-refractivity contribution >= 4 is 27.6 Å². The van der Waals surface area contributed by atoms with E-state index in [4.69, 9.17) is 16.3 Å². The molecule has 0 amide bonds. The third-order valence-electron chi connectivity index (χ3n) is 2.24. The number of carbonyl (C=O) groups excluding carboxylic acids is 1. The number of benzene rings is 1. The van der Waals surface area contributed by atoms with E-state index in [0.29, 0.717) is 16.3 Å². The molecule has 0 aliphatic rings. The summed E-state index contributed by atoms with van der Waals surface area (Å²) in [5.74, 6) is -0.477. The zero-order valence-electron chi connectivity index (χ0n) is 10.5. The fourth-order valence-corrected chi connectivity index (χ4v) is 2.65. The number of hydrogen-bond acceptors (Lipinski definition) is 5. The minimum absolute atomic E-state index is 0.284. The topological polar surface area (TPSA) is 81.7 Å². The quantitative estimate of drug-likeness (QED) is 0.791. The molecule has 0 atom stereocenters. The van der Waals surface area contributed by atoms with Crippen LogP contribution in [0.15, 0.2) is 18.2 Å². The lowest BCUT2D eigenvalue weighted by Gasteiger charge is -2.08. The molecule has 0 aromatic heterocycles. The molecule has 8 heteroatoms. The standard InChI is InChI=1S/C11H14ClNO5S/c1-17-10-4-3-8(5-9(10)12)7-19(15,16)13-6-11(14)18-2/h3-5,13H,6-7H2,1-2H3. The number of sulfonamides is 1. The molecular weight excluding hydrogens is 294 g/mol. The van der Waals surface area contributed by atoms with Gasteiger partial charge in [0.1, 0.15) is 12.3 Å². The first-order valence-electron chi connectivity index (χ1n) is 5.24. The third kappa shape index (κ3) is 5.06. The van der Waals surface area contributed by atoms with Crippen LogP contribution in [-0.2, 0) is 25.3 Å². The highest BCUT2D eigenvalue weighted by Gasteiger charge is 2.14. The number of halogens is 1. The molecule has 19 heavy (non-hydrogen) atoms. The van der Waals surface area contributed by atoms with Gasteiger partial charge in [0.15, 0.2) is 0 Å². The molecule has 106 valence electrons. The Bertz CT molecular complexity index is 558. The van der Waals surface area contributed by atoms with Crippen molar-refractivity contribution in [2.24, 2.45) is 0 Å². The van der Waals surface area contributed by atoms with Crippen molar-refractivity contribution < 1.29 is 22.7 Å². The van der Waals surface area contributed by atoms with E-state index in [2.05, 4.69) is 9.46 Å². The average molecular weight is 308 g/mol. The molecule has 0 fully saturated rings. The average Bonchev–Trinajstić information content (AvgIpc) is 2.36. The van der Waals surface area contributed by atoms with E-state index in [-0.39, 0.29) is 5.75 Å². The van der Waals surface area contributed by atoms with Crippen molar-refractivity contribution in [2.45, 2.75) is 5.75 Å².